The summed E-state index contributed by atoms with van der Waals surface area (Å²) in [5, 5.41) is 3.45. The van der Waals surface area contributed by atoms with Gasteiger partial charge in [0, 0.05) is 37.2 Å². The van der Waals surface area contributed by atoms with Crippen molar-refractivity contribution in [3.8, 4) is 0 Å². The molecule has 0 atom stereocenters. The number of rotatable bonds is 2. The van der Waals surface area contributed by atoms with E-state index in [9.17, 15) is 0 Å². The minimum absolute atomic E-state index is 0.532. The van der Waals surface area contributed by atoms with Crippen LogP contribution in [-0.4, -0.2) is 16.1 Å². The summed E-state index contributed by atoms with van der Waals surface area (Å²) in [7, 11) is 0. The highest BCUT2D eigenvalue weighted by molar-refractivity contribution is 5.23. The molecule has 2 aliphatic rings. The SMILES string of the molecule is CC1CCC(n2c(C(C)C)nc3c2CCNC3)CC1. The predicted molar refractivity (Wildman–Crippen MR) is 78.4 cm³/mol. The van der Waals surface area contributed by atoms with Gasteiger partial charge in [0.2, 0.25) is 0 Å². The van der Waals surface area contributed by atoms with Crippen LogP contribution in [0.3, 0.4) is 0 Å². The Hall–Kier alpha value is -0.830. The van der Waals surface area contributed by atoms with Crippen molar-refractivity contribution in [3.05, 3.63) is 17.2 Å². The number of nitrogens with zero attached hydrogens (tertiary/aromatic N) is 2. The van der Waals surface area contributed by atoms with E-state index in [-0.39, 0.29) is 0 Å². The van der Waals surface area contributed by atoms with Gasteiger partial charge in [-0.25, -0.2) is 4.98 Å². The topological polar surface area (TPSA) is 29.9 Å². The molecule has 19 heavy (non-hydrogen) atoms. The lowest BCUT2D eigenvalue weighted by molar-refractivity contribution is 0.278. The lowest BCUT2D eigenvalue weighted by Crippen LogP contribution is -2.27. The van der Waals surface area contributed by atoms with Gasteiger partial charge in [-0.1, -0.05) is 20.8 Å². The zero-order valence-corrected chi connectivity index (χ0v) is 12.6. The monoisotopic (exact) mass is 261 g/mol. The molecule has 0 bridgehead atoms. The molecule has 3 heteroatoms. The summed E-state index contributed by atoms with van der Waals surface area (Å²) >= 11 is 0. The number of imidazole rings is 1. The van der Waals surface area contributed by atoms with Crippen molar-refractivity contribution >= 4 is 0 Å². The fourth-order valence-electron chi connectivity index (χ4n) is 3.67. The van der Waals surface area contributed by atoms with Gasteiger partial charge in [-0.05, 0) is 31.6 Å². The average Bonchev–Trinajstić information content (AvgIpc) is 2.79. The van der Waals surface area contributed by atoms with E-state index in [2.05, 4.69) is 30.7 Å². The van der Waals surface area contributed by atoms with E-state index in [4.69, 9.17) is 4.98 Å². The van der Waals surface area contributed by atoms with Gasteiger partial charge in [-0.2, -0.15) is 0 Å². The third kappa shape index (κ3) is 2.45. The predicted octanol–water partition coefficient (Wildman–Crippen LogP) is 3.40. The first-order valence-corrected chi connectivity index (χ1v) is 7.97. The van der Waals surface area contributed by atoms with Crippen molar-refractivity contribution in [2.45, 2.75) is 71.4 Å². The van der Waals surface area contributed by atoms with Gasteiger partial charge in [-0.15, -0.1) is 0 Å². The molecule has 0 aromatic carbocycles. The Morgan fingerprint density at radius 2 is 1.95 bits per heavy atom. The molecular weight excluding hydrogens is 234 g/mol. The Labute approximate surface area is 116 Å². The normalized spacial score (nSPS) is 27.6. The summed E-state index contributed by atoms with van der Waals surface area (Å²) in [6, 6.07) is 0.711. The van der Waals surface area contributed by atoms with Gasteiger partial charge in [0.05, 0.1) is 5.69 Å². The molecule has 3 nitrogen and oxygen atoms in total. The molecule has 0 radical (unpaired) electrons. The number of fused-ring (bicyclic) bond motifs is 1. The second-order valence-corrected chi connectivity index (χ2v) is 6.73. The van der Waals surface area contributed by atoms with E-state index in [1.54, 1.807) is 0 Å². The minimum Gasteiger partial charge on any atom is -0.328 e. The summed E-state index contributed by atoms with van der Waals surface area (Å²) in [4.78, 5) is 4.94. The standard InChI is InChI=1S/C16H27N3/c1-11(2)16-18-14-10-17-9-8-15(14)19(16)13-6-4-12(3)5-7-13/h11-13,17H,4-10H2,1-3H3. The first kappa shape index (κ1) is 13.2. The zero-order chi connectivity index (χ0) is 13.4. The van der Waals surface area contributed by atoms with Gasteiger partial charge >= 0.3 is 0 Å². The zero-order valence-electron chi connectivity index (χ0n) is 12.6. The van der Waals surface area contributed by atoms with Crippen LogP contribution in [0.1, 0.15) is 75.6 Å². The Balaban J connectivity index is 1.96. The molecule has 1 aliphatic carbocycles. The summed E-state index contributed by atoms with van der Waals surface area (Å²) in [5.74, 6) is 2.78. The molecule has 1 fully saturated rings. The number of aromatic nitrogens is 2. The van der Waals surface area contributed by atoms with Crippen molar-refractivity contribution < 1.29 is 0 Å². The Morgan fingerprint density at radius 1 is 1.21 bits per heavy atom. The van der Waals surface area contributed by atoms with E-state index >= 15 is 0 Å². The second-order valence-electron chi connectivity index (χ2n) is 6.73. The largest absolute Gasteiger partial charge is 0.328 e. The summed E-state index contributed by atoms with van der Waals surface area (Å²) in [6.45, 7) is 9.03. The average molecular weight is 261 g/mol. The third-order valence-electron chi connectivity index (χ3n) is 4.82. The van der Waals surface area contributed by atoms with Gasteiger partial charge in [0.15, 0.2) is 0 Å². The molecule has 1 aromatic rings. The van der Waals surface area contributed by atoms with Crippen LogP contribution in [0.15, 0.2) is 0 Å². The fraction of sp³-hybridized carbons (Fsp3) is 0.812. The highest BCUT2D eigenvalue weighted by atomic mass is 15.1. The van der Waals surface area contributed by atoms with Crippen molar-refractivity contribution in [1.29, 1.82) is 0 Å². The van der Waals surface area contributed by atoms with E-state index in [0.29, 0.717) is 12.0 Å². The van der Waals surface area contributed by atoms with E-state index < -0.39 is 0 Å². The van der Waals surface area contributed by atoms with Crippen LogP contribution in [-0.2, 0) is 13.0 Å². The molecule has 3 rings (SSSR count). The van der Waals surface area contributed by atoms with Crippen molar-refractivity contribution in [3.63, 3.8) is 0 Å². The molecule has 1 aliphatic heterocycles. The van der Waals surface area contributed by atoms with E-state index in [1.165, 1.54) is 42.9 Å². The maximum absolute atomic E-state index is 4.94. The first-order chi connectivity index (χ1) is 9.16. The molecule has 0 unspecified atom stereocenters. The molecule has 0 saturated heterocycles. The van der Waals surface area contributed by atoms with Crippen molar-refractivity contribution in [1.82, 2.24) is 14.9 Å². The van der Waals surface area contributed by atoms with E-state index in [0.717, 1.165) is 25.4 Å². The third-order valence-corrected chi connectivity index (χ3v) is 4.82. The van der Waals surface area contributed by atoms with E-state index in [1.807, 2.05) is 0 Å². The van der Waals surface area contributed by atoms with Gasteiger partial charge in [-0.3, -0.25) is 0 Å². The van der Waals surface area contributed by atoms with Crippen LogP contribution in [0.2, 0.25) is 0 Å². The number of hydrogen-bond acceptors (Lipinski definition) is 2. The van der Waals surface area contributed by atoms with Gasteiger partial charge in [0.25, 0.3) is 0 Å². The number of hydrogen-bond donors (Lipinski definition) is 1. The first-order valence-electron chi connectivity index (χ1n) is 7.97. The number of nitrogens with one attached hydrogen (secondary N) is 1. The minimum atomic E-state index is 0.532. The van der Waals surface area contributed by atoms with Crippen molar-refractivity contribution in [2.24, 2.45) is 5.92 Å². The smallest absolute Gasteiger partial charge is 0.112 e. The molecule has 2 heterocycles. The summed E-state index contributed by atoms with van der Waals surface area (Å²) in [6.07, 6.45) is 6.61. The van der Waals surface area contributed by atoms with Crippen LogP contribution in [0.25, 0.3) is 0 Å². The Kier molecular flexibility index (Phi) is 3.66. The Bertz CT molecular complexity index is 439. The molecule has 106 valence electrons. The van der Waals surface area contributed by atoms with Gasteiger partial charge in [0.1, 0.15) is 5.82 Å². The highest BCUT2D eigenvalue weighted by Crippen LogP contribution is 2.36. The fourth-order valence-corrected chi connectivity index (χ4v) is 3.67. The molecule has 0 amide bonds. The van der Waals surface area contributed by atoms with Crippen LogP contribution in [0.5, 0.6) is 0 Å². The van der Waals surface area contributed by atoms with Crippen LogP contribution in [0.4, 0.5) is 0 Å². The molecule has 1 aromatic heterocycles. The van der Waals surface area contributed by atoms with Crippen LogP contribution >= 0.6 is 0 Å². The summed E-state index contributed by atoms with van der Waals surface area (Å²) in [5.41, 5.74) is 2.84. The maximum atomic E-state index is 4.94. The lowest BCUT2D eigenvalue weighted by atomic mass is 9.87. The summed E-state index contributed by atoms with van der Waals surface area (Å²) < 4.78 is 2.63. The maximum Gasteiger partial charge on any atom is 0.112 e. The molecule has 1 saturated carbocycles. The lowest BCUT2D eigenvalue weighted by Gasteiger charge is -2.31. The Morgan fingerprint density at radius 3 is 2.63 bits per heavy atom. The van der Waals surface area contributed by atoms with Gasteiger partial charge < -0.3 is 9.88 Å². The molecule has 1 N–H and O–H groups in total. The van der Waals surface area contributed by atoms with Crippen molar-refractivity contribution in [2.75, 3.05) is 6.54 Å². The second kappa shape index (κ2) is 5.28. The van der Waals surface area contributed by atoms with Crippen LogP contribution in [0, 0.1) is 5.92 Å². The quantitative estimate of drug-likeness (QED) is 0.884. The molecule has 0 spiro atoms. The molecular formula is C16H27N3. The van der Waals surface area contributed by atoms with Crippen LogP contribution < -0.4 is 5.32 Å². The highest BCUT2D eigenvalue weighted by Gasteiger charge is 2.28.